The van der Waals surface area contributed by atoms with Crippen molar-refractivity contribution in [1.82, 2.24) is 4.57 Å². The van der Waals surface area contributed by atoms with E-state index in [-0.39, 0.29) is 5.97 Å². The van der Waals surface area contributed by atoms with Gasteiger partial charge < -0.3 is 14.0 Å². The van der Waals surface area contributed by atoms with Crippen LogP contribution < -0.4 is 4.74 Å². The van der Waals surface area contributed by atoms with Gasteiger partial charge in [-0.25, -0.2) is 4.79 Å². The third-order valence-corrected chi connectivity index (χ3v) is 4.83. The van der Waals surface area contributed by atoms with Gasteiger partial charge in [0.25, 0.3) is 0 Å². The van der Waals surface area contributed by atoms with E-state index in [4.69, 9.17) is 9.47 Å². The molecule has 0 saturated carbocycles. The molecule has 0 saturated heterocycles. The molecule has 0 aliphatic carbocycles. The van der Waals surface area contributed by atoms with Gasteiger partial charge in [0.15, 0.2) is 0 Å². The zero-order valence-electron chi connectivity index (χ0n) is 17.6. The van der Waals surface area contributed by atoms with Gasteiger partial charge in [0.1, 0.15) is 5.75 Å². The first-order valence-corrected chi connectivity index (χ1v) is 9.71. The molecular formula is C25H24N2O3. The normalized spacial score (nSPS) is 11.1. The van der Waals surface area contributed by atoms with E-state index in [1.54, 1.807) is 27.0 Å². The van der Waals surface area contributed by atoms with Crippen LogP contribution in [-0.2, 0) is 9.53 Å². The molecule has 0 aliphatic rings. The van der Waals surface area contributed by atoms with E-state index < -0.39 is 0 Å². The lowest BCUT2D eigenvalue weighted by atomic mass is 10.1. The lowest BCUT2D eigenvalue weighted by Crippen LogP contribution is -2.06. The largest absolute Gasteiger partial charge is 0.497 e. The fourth-order valence-corrected chi connectivity index (χ4v) is 3.32. The lowest BCUT2D eigenvalue weighted by molar-refractivity contribution is -0.138. The summed E-state index contributed by atoms with van der Waals surface area (Å²) in [6.45, 7) is 5.83. The topological polar surface area (TPSA) is 64.2 Å². The van der Waals surface area contributed by atoms with E-state index in [9.17, 15) is 10.1 Å². The molecule has 0 radical (unpaired) electrons. The van der Waals surface area contributed by atoms with Gasteiger partial charge in [-0.05, 0) is 92.6 Å². The molecule has 5 heteroatoms. The Morgan fingerprint density at radius 1 is 1.13 bits per heavy atom. The number of methoxy groups -OCH3 is 1. The third-order valence-electron chi connectivity index (χ3n) is 4.83. The third kappa shape index (κ3) is 4.28. The first-order valence-electron chi connectivity index (χ1n) is 9.71. The molecular weight excluding hydrogens is 376 g/mol. The first kappa shape index (κ1) is 20.9. The Labute approximate surface area is 176 Å². The van der Waals surface area contributed by atoms with Gasteiger partial charge >= 0.3 is 5.97 Å². The number of aromatic nitrogens is 1. The highest BCUT2D eigenvalue weighted by Crippen LogP contribution is 2.31. The van der Waals surface area contributed by atoms with Crippen molar-refractivity contribution in [3.8, 4) is 28.8 Å². The molecule has 1 heterocycles. The fourth-order valence-electron chi connectivity index (χ4n) is 3.32. The summed E-state index contributed by atoms with van der Waals surface area (Å²) in [5.74, 6) is 0.442. The van der Waals surface area contributed by atoms with Crippen LogP contribution in [0.3, 0.4) is 0 Å². The summed E-state index contributed by atoms with van der Waals surface area (Å²) in [4.78, 5) is 12.1. The number of carbonyl (C=O) groups is 1. The molecule has 0 fully saturated rings. The van der Waals surface area contributed by atoms with Crippen molar-refractivity contribution >= 4 is 12.0 Å². The van der Waals surface area contributed by atoms with Gasteiger partial charge in [-0.1, -0.05) is 0 Å². The van der Waals surface area contributed by atoms with E-state index in [2.05, 4.69) is 10.6 Å². The van der Waals surface area contributed by atoms with Crippen LogP contribution in [0.15, 0.2) is 60.2 Å². The number of hydrogen-bond acceptors (Lipinski definition) is 4. The molecule has 0 spiro atoms. The molecule has 1 aromatic heterocycles. The summed E-state index contributed by atoms with van der Waals surface area (Å²) in [7, 11) is 1.64. The van der Waals surface area contributed by atoms with Crippen molar-refractivity contribution in [2.45, 2.75) is 20.8 Å². The molecule has 30 heavy (non-hydrogen) atoms. The molecule has 2 aromatic carbocycles. The highest BCUT2D eigenvalue weighted by Gasteiger charge is 2.15. The molecule has 5 nitrogen and oxygen atoms in total. The van der Waals surface area contributed by atoms with Crippen molar-refractivity contribution in [2.24, 2.45) is 0 Å². The minimum Gasteiger partial charge on any atom is -0.497 e. The van der Waals surface area contributed by atoms with Crippen LogP contribution in [0, 0.1) is 18.3 Å². The Morgan fingerprint density at radius 3 is 2.47 bits per heavy atom. The Bertz CT molecular complexity index is 1130. The molecule has 0 atom stereocenters. The van der Waals surface area contributed by atoms with Crippen LogP contribution >= 0.6 is 0 Å². The van der Waals surface area contributed by atoms with E-state index in [1.807, 2.05) is 61.5 Å². The summed E-state index contributed by atoms with van der Waals surface area (Å²) in [6, 6.07) is 19.6. The Kier molecular flexibility index (Phi) is 6.38. The van der Waals surface area contributed by atoms with Crippen molar-refractivity contribution < 1.29 is 14.3 Å². The molecule has 0 N–H and O–H groups in total. The second kappa shape index (κ2) is 9.15. The molecule has 3 aromatic rings. The summed E-state index contributed by atoms with van der Waals surface area (Å²) in [5, 5.41) is 9.22. The van der Waals surface area contributed by atoms with Crippen molar-refractivity contribution in [3.63, 3.8) is 0 Å². The maximum atomic E-state index is 12.1. The standard InChI is InChI=1S/C25H24N2O3/c1-5-30-25(28)18(3)15-21-9-13-24(20-7-10-22(29-4)11-8-20)27(21)23-12-6-19(16-26)14-17(23)2/h6-15H,5H2,1-4H3. The molecule has 0 bridgehead atoms. The zero-order valence-corrected chi connectivity index (χ0v) is 17.6. The van der Waals surface area contributed by atoms with Gasteiger partial charge in [0.05, 0.1) is 31.0 Å². The van der Waals surface area contributed by atoms with Crippen LogP contribution in [0.4, 0.5) is 0 Å². The Hall–Kier alpha value is -3.78. The number of nitrogens with zero attached hydrogens (tertiary/aromatic N) is 2. The maximum Gasteiger partial charge on any atom is 0.333 e. The van der Waals surface area contributed by atoms with Crippen molar-refractivity contribution in [3.05, 3.63) is 77.0 Å². The average molecular weight is 400 g/mol. The minimum absolute atomic E-state index is 0.330. The molecule has 0 aliphatic heterocycles. The number of ether oxygens (including phenoxy) is 2. The maximum absolute atomic E-state index is 12.1. The first-order chi connectivity index (χ1) is 14.5. The summed E-state index contributed by atoms with van der Waals surface area (Å²) < 4.78 is 12.5. The monoisotopic (exact) mass is 400 g/mol. The minimum atomic E-state index is -0.340. The highest BCUT2D eigenvalue weighted by molar-refractivity contribution is 5.93. The number of carbonyl (C=O) groups excluding carboxylic acids is 1. The number of esters is 1. The second-order valence-corrected chi connectivity index (χ2v) is 6.87. The number of hydrogen-bond donors (Lipinski definition) is 0. The van der Waals surface area contributed by atoms with Gasteiger partial charge in [-0.3, -0.25) is 0 Å². The predicted octanol–water partition coefficient (Wildman–Crippen LogP) is 5.30. The summed E-state index contributed by atoms with van der Waals surface area (Å²) in [5.41, 5.74) is 5.84. The van der Waals surface area contributed by atoms with E-state index in [1.165, 1.54) is 0 Å². The highest BCUT2D eigenvalue weighted by atomic mass is 16.5. The summed E-state index contributed by atoms with van der Waals surface area (Å²) in [6.07, 6.45) is 1.82. The fraction of sp³-hybridized carbons (Fsp3) is 0.200. The van der Waals surface area contributed by atoms with Crippen LogP contribution in [0.1, 0.15) is 30.7 Å². The van der Waals surface area contributed by atoms with Crippen LogP contribution in [0.5, 0.6) is 5.75 Å². The quantitative estimate of drug-likeness (QED) is 0.416. The van der Waals surface area contributed by atoms with Crippen LogP contribution in [0.25, 0.3) is 23.0 Å². The van der Waals surface area contributed by atoms with Crippen molar-refractivity contribution in [2.75, 3.05) is 13.7 Å². The average Bonchev–Trinajstić information content (AvgIpc) is 3.16. The molecule has 0 amide bonds. The summed E-state index contributed by atoms with van der Waals surface area (Å²) >= 11 is 0. The number of nitriles is 1. The predicted molar refractivity (Wildman–Crippen MR) is 117 cm³/mol. The number of benzene rings is 2. The number of aryl methyl sites for hydroxylation is 1. The lowest BCUT2D eigenvalue weighted by Gasteiger charge is -2.16. The molecule has 152 valence electrons. The van der Waals surface area contributed by atoms with Gasteiger partial charge in [-0.2, -0.15) is 5.26 Å². The van der Waals surface area contributed by atoms with Gasteiger partial charge in [0, 0.05) is 17.0 Å². The van der Waals surface area contributed by atoms with Gasteiger partial charge in [-0.15, -0.1) is 0 Å². The Morgan fingerprint density at radius 2 is 1.87 bits per heavy atom. The van der Waals surface area contributed by atoms with E-state index in [0.717, 1.165) is 34.0 Å². The van der Waals surface area contributed by atoms with Gasteiger partial charge in [0.2, 0.25) is 0 Å². The van der Waals surface area contributed by atoms with E-state index >= 15 is 0 Å². The second-order valence-electron chi connectivity index (χ2n) is 6.87. The molecule has 3 rings (SSSR count). The SMILES string of the molecule is CCOC(=O)C(C)=Cc1ccc(-c2ccc(OC)cc2)n1-c1ccc(C#N)cc1C. The Balaban J connectivity index is 2.19. The smallest absolute Gasteiger partial charge is 0.333 e. The number of rotatable bonds is 6. The van der Waals surface area contributed by atoms with Crippen LogP contribution in [0.2, 0.25) is 0 Å². The zero-order chi connectivity index (χ0) is 21.7. The van der Waals surface area contributed by atoms with Crippen LogP contribution in [-0.4, -0.2) is 24.3 Å². The van der Waals surface area contributed by atoms with E-state index in [0.29, 0.717) is 17.7 Å². The van der Waals surface area contributed by atoms with Crippen molar-refractivity contribution in [1.29, 1.82) is 5.26 Å². The molecule has 0 unspecified atom stereocenters.